The van der Waals surface area contributed by atoms with Crippen LogP contribution in [0.25, 0.3) is 0 Å². The Balaban J connectivity index is 1.73. The van der Waals surface area contributed by atoms with Crippen molar-refractivity contribution in [3.63, 3.8) is 0 Å². The van der Waals surface area contributed by atoms with Gasteiger partial charge < -0.3 is 4.74 Å². The summed E-state index contributed by atoms with van der Waals surface area (Å²) in [6, 6.07) is 7.61. The summed E-state index contributed by atoms with van der Waals surface area (Å²) in [5.41, 5.74) is 0.644. The Morgan fingerprint density at radius 3 is 3.17 bits per heavy atom. The van der Waals surface area contributed by atoms with E-state index in [0.717, 1.165) is 13.1 Å². The predicted molar refractivity (Wildman–Crippen MR) is 70.1 cm³/mol. The fraction of sp³-hybridized carbons (Fsp3) is 0.500. The molecule has 2 heterocycles. The minimum Gasteiger partial charge on any atom is -0.367 e. The number of benzene rings is 1. The Morgan fingerprint density at radius 1 is 1.44 bits per heavy atom. The number of hydrogen-bond acceptors (Lipinski definition) is 3. The lowest BCUT2D eigenvalue weighted by molar-refractivity contribution is -0.0344. The normalized spacial score (nSPS) is 28.1. The molecule has 1 aromatic rings. The third-order valence-electron chi connectivity index (χ3n) is 3.79. The summed E-state index contributed by atoms with van der Waals surface area (Å²) in [5.74, 6) is 0.0443. The first-order valence-electron chi connectivity index (χ1n) is 6.39. The first kappa shape index (κ1) is 12.2. The minimum absolute atomic E-state index is 0.0443. The van der Waals surface area contributed by atoms with Gasteiger partial charge in [-0.2, -0.15) is 0 Å². The maximum absolute atomic E-state index is 12.3. The van der Waals surface area contributed by atoms with Gasteiger partial charge in [-0.25, -0.2) is 0 Å². The highest BCUT2D eigenvalue weighted by Gasteiger charge is 2.35. The number of carbonyl (C=O) groups is 1. The van der Waals surface area contributed by atoms with E-state index in [2.05, 4.69) is 4.90 Å². The molecule has 1 aromatic carbocycles. The van der Waals surface area contributed by atoms with Crippen LogP contribution < -0.4 is 0 Å². The van der Waals surface area contributed by atoms with Crippen LogP contribution in [-0.2, 0) is 4.74 Å². The van der Waals surface area contributed by atoms with Gasteiger partial charge in [-0.3, -0.25) is 9.69 Å². The number of hydrogen-bond donors (Lipinski definition) is 0. The van der Waals surface area contributed by atoms with Gasteiger partial charge in [-0.1, -0.05) is 23.7 Å². The molecule has 18 heavy (non-hydrogen) atoms. The van der Waals surface area contributed by atoms with E-state index in [1.54, 1.807) is 24.3 Å². The van der Waals surface area contributed by atoms with Gasteiger partial charge >= 0.3 is 0 Å². The number of ether oxygens (including phenoxy) is 1. The molecule has 0 N–H and O–H groups in total. The molecule has 0 amide bonds. The van der Waals surface area contributed by atoms with E-state index in [9.17, 15) is 4.79 Å². The summed E-state index contributed by atoms with van der Waals surface area (Å²) < 4.78 is 5.71. The summed E-state index contributed by atoms with van der Waals surface area (Å²) in [6.45, 7) is 2.49. The van der Waals surface area contributed by atoms with E-state index in [1.165, 1.54) is 12.8 Å². The number of rotatable bonds is 2. The second-order valence-corrected chi connectivity index (χ2v) is 5.42. The lowest BCUT2D eigenvalue weighted by Crippen LogP contribution is -2.49. The lowest BCUT2D eigenvalue weighted by Gasteiger charge is -2.34. The van der Waals surface area contributed by atoms with Crippen molar-refractivity contribution in [2.75, 3.05) is 19.7 Å². The summed E-state index contributed by atoms with van der Waals surface area (Å²) in [4.78, 5) is 14.7. The quantitative estimate of drug-likeness (QED) is 0.769. The maximum atomic E-state index is 12.3. The van der Waals surface area contributed by atoms with E-state index in [-0.39, 0.29) is 11.9 Å². The van der Waals surface area contributed by atoms with Crippen LogP contribution in [-0.4, -0.2) is 42.5 Å². The second-order valence-electron chi connectivity index (χ2n) is 4.99. The van der Waals surface area contributed by atoms with Crippen LogP contribution in [0.1, 0.15) is 23.2 Å². The van der Waals surface area contributed by atoms with Crippen LogP contribution in [0.4, 0.5) is 0 Å². The second kappa shape index (κ2) is 5.00. The van der Waals surface area contributed by atoms with E-state index in [0.29, 0.717) is 23.2 Å². The molecule has 0 radical (unpaired) electrons. The molecule has 4 heteroatoms. The molecule has 2 aliphatic heterocycles. The molecule has 2 saturated heterocycles. The van der Waals surface area contributed by atoms with Gasteiger partial charge in [-0.05, 0) is 31.5 Å². The maximum Gasteiger partial charge on any atom is 0.192 e. The van der Waals surface area contributed by atoms with Gasteiger partial charge in [0.15, 0.2) is 5.78 Å². The fourth-order valence-corrected chi connectivity index (χ4v) is 2.99. The molecule has 0 saturated carbocycles. The largest absolute Gasteiger partial charge is 0.367 e. The molecule has 2 aliphatic rings. The summed E-state index contributed by atoms with van der Waals surface area (Å²) in [5, 5.41) is 0.593. The molecule has 3 rings (SSSR count). The highest BCUT2D eigenvalue weighted by atomic mass is 35.5. The molecule has 0 spiro atoms. The van der Waals surface area contributed by atoms with Crippen LogP contribution in [0.15, 0.2) is 24.3 Å². The predicted octanol–water partition coefficient (Wildman–Crippen LogP) is 2.39. The average molecular weight is 266 g/mol. The van der Waals surface area contributed by atoms with Crippen molar-refractivity contribution in [3.05, 3.63) is 34.9 Å². The van der Waals surface area contributed by atoms with E-state index < -0.39 is 0 Å². The molecule has 0 bridgehead atoms. The Hall–Kier alpha value is -0.900. The minimum atomic E-state index is -0.335. The molecule has 2 fully saturated rings. The summed E-state index contributed by atoms with van der Waals surface area (Å²) in [7, 11) is 0. The van der Waals surface area contributed by atoms with Crippen molar-refractivity contribution in [1.29, 1.82) is 0 Å². The zero-order valence-electron chi connectivity index (χ0n) is 10.1. The number of Topliss-reactive ketones (excluding diaryl/α,β-unsaturated/α-hetero) is 1. The molecule has 0 aromatic heterocycles. The third kappa shape index (κ3) is 2.30. The zero-order valence-corrected chi connectivity index (χ0v) is 10.9. The van der Waals surface area contributed by atoms with Gasteiger partial charge in [0.2, 0.25) is 0 Å². The summed E-state index contributed by atoms with van der Waals surface area (Å²) in [6.07, 6.45) is 2.07. The monoisotopic (exact) mass is 265 g/mol. The van der Waals surface area contributed by atoms with E-state index in [1.807, 2.05) is 0 Å². The highest BCUT2D eigenvalue weighted by Crippen LogP contribution is 2.24. The van der Waals surface area contributed by atoms with Crippen LogP contribution in [0.3, 0.4) is 0 Å². The van der Waals surface area contributed by atoms with Crippen LogP contribution in [0.2, 0.25) is 5.02 Å². The molecule has 3 nitrogen and oxygen atoms in total. The van der Waals surface area contributed by atoms with Crippen LogP contribution in [0.5, 0.6) is 0 Å². The van der Waals surface area contributed by atoms with Gasteiger partial charge in [0, 0.05) is 23.2 Å². The number of morpholine rings is 1. The number of carbonyl (C=O) groups excluding carboxylic acids is 1. The van der Waals surface area contributed by atoms with Gasteiger partial charge in [0.25, 0.3) is 0 Å². The van der Waals surface area contributed by atoms with E-state index >= 15 is 0 Å². The van der Waals surface area contributed by atoms with Crippen LogP contribution in [0, 0.1) is 0 Å². The van der Waals surface area contributed by atoms with Crippen molar-refractivity contribution in [1.82, 2.24) is 4.90 Å². The number of nitrogens with zero attached hydrogens (tertiary/aromatic N) is 1. The van der Waals surface area contributed by atoms with Crippen molar-refractivity contribution in [2.24, 2.45) is 0 Å². The summed E-state index contributed by atoms with van der Waals surface area (Å²) >= 11 is 5.91. The van der Waals surface area contributed by atoms with Crippen LogP contribution >= 0.6 is 11.6 Å². The Morgan fingerprint density at radius 2 is 2.33 bits per heavy atom. The average Bonchev–Trinajstić information content (AvgIpc) is 2.85. The number of fused-ring (bicyclic) bond motifs is 1. The molecule has 0 aliphatic carbocycles. The van der Waals surface area contributed by atoms with Crippen molar-refractivity contribution >= 4 is 17.4 Å². The topological polar surface area (TPSA) is 29.5 Å². The Bertz CT molecular complexity index is 463. The SMILES string of the molecule is O=C(c1cccc(Cl)c1)C1CN2CCCC2CO1. The fourth-order valence-electron chi connectivity index (χ4n) is 2.80. The Labute approximate surface area is 112 Å². The molecular formula is C14H16ClNO2. The van der Waals surface area contributed by atoms with Crippen molar-refractivity contribution < 1.29 is 9.53 Å². The van der Waals surface area contributed by atoms with Crippen molar-refractivity contribution in [3.8, 4) is 0 Å². The molecular weight excluding hydrogens is 250 g/mol. The number of halogens is 1. The van der Waals surface area contributed by atoms with Gasteiger partial charge in [-0.15, -0.1) is 0 Å². The lowest BCUT2D eigenvalue weighted by atomic mass is 10.0. The van der Waals surface area contributed by atoms with Crippen molar-refractivity contribution in [2.45, 2.75) is 25.0 Å². The Kier molecular flexibility index (Phi) is 3.37. The third-order valence-corrected chi connectivity index (χ3v) is 4.03. The zero-order chi connectivity index (χ0) is 12.5. The highest BCUT2D eigenvalue weighted by molar-refractivity contribution is 6.31. The molecule has 2 atom stereocenters. The first-order chi connectivity index (χ1) is 8.74. The molecule has 96 valence electrons. The number of ketones is 1. The standard InChI is InChI=1S/C14H16ClNO2/c15-11-4-1-3-10(7-11)14(17)13-8-16-6-2-5-12(16)9-18-13/h1,3-4,7,12-13H,2,5-6,8-9H2. The van der Waals surface area contributed by atoms with Gasteiger partial charge in [0.05, 0.1) is 6.61 Å². The molecule has 2 unspecified atom stereocenters. The van der Waals surface area contributed by atoms with Gasteiger partial charge in [0.1, 0.15) is 6.10 Å². The van der Waals surface area contributed by atoms with E-state index in [4.69, 9.17) is 16.3 Å². The first-order valence-corrected chi connectivity index (χ1v) is 6.77. The smallest absolute Gasteiger partial charge is 0.192 e.